The molecule has 1 heterocycles. The highest BCUT2D eigenvalue weighted by Gasteiger charge is 2.11. The molecule has 0 saturated heterocycles. The van der Waals surface area contributed by atoms with Gasteiger partial charge in [-0.25, -0.2) is 4.98 Å². The number of aryl methyl sites for hydroxylation is 2. The summed E-state index contributed by atoms with van der Waals surface area (Å²) in [5.41, 5.74) is 2.52. The van der Waals surface area contributed by atoms with Gasteiger partial charge in [-0.15, -0.1) is 0 Å². The number of nitrogens with zero attached hydrogens (tertiary/aromatic N) is 2. The van der Waals surface area contributed by atoms with E-state index in [2.05, 4.69) is 4.98 Å². The molecule has 0 aliphatic rings. The molecular formula is C15H18N2O3. The number of hydrogen-bond donors (Lipinski definition) is 0. The molecule has 0 unspecified atom stereocenters. The fourth-order valence-corrected chi connectivity index (χ4v) is 2.10. The van der Waals surface area contributed by atoms with Gasteiger partial charge in [-0.3, -0.25) is 9.36 Å². The van der Waals surface area contributed by atoms with Crippen LogP contribution in [0.3, 0.4) is 0 Å². The molecule has 1 aromatic heterocycles. The van der Waals surface area contributed by atoms with Crippen molar-refractivity contribution in [1.29, 1.82) is 0 Å². The molecule has 0 N–H and O–H groups in total. The van der Waals surface area contributed by atoms with Gasteiger partial charge in [0, 0.05) is 17.3 Å². The summed E-state index contributed by atoms with van der Waals surface area (Å²) in [5, 5.41) is 0. The summed E-state index contributed by atoms with van der Waals surface area (Å²) in [6.07, 6.45) is 0. The van der Waals surface area contributed by atoms with Crippen LogP contribution in [0.1, 0.15) is 16.8 Å². The Morgan fingerprint density at radius 2 is 1.90 bits per heavy atom. The quantitative estimate of drug-likeness (QED) is 0.855. The number of rotatable bonds is 4. The number of methoxy groups -OCH3 is 2. The van der Waals surface area contributed by atoms with E-state index < -0.39 is 0 Å². The maximum atomic E-state index is 12.1. The second-order valence-corrected chi connectivity index (χ2v) is 4.62. The third-order valence-corrected chi connectivity index (χ3v) is 3.05. The summed E-state index contributed by atoms with van der Waals surface area (Å²) in [5.74, 6) is 0.741. The van der Waals surface area contributed by atoms with Crippen LogP contribution in [0.2, 0.25) is 0 Å². The summed E-state index contributed by atoms with van der Waals surface area (Å²) in [4.78, 5) is 16.3. The molecule has 20 heavy (non-hydrogen) atoms. The minimum absolute atomic E-state index is 0.141. The normalized spacial score (nSPS) is 10.4. The summed E-state index contributed by atoms with van der Waals surface area (Å²) < 4.78 is 12.0. The largest absolute Gasteiger partial charge is 0.496 e. The molecule has 5 heteroatoms. The first-order chi connectivity index (χ1) is 9.55. The van der Waals surface area contributed by atoms with Crippen molar-refractivity contribution in [3.05, 3.63) is 51.4 Å². The molecule has 0 fully saturated rings. The van der Waals surface area contributed by atoms with E-state index in [0.29, 0.717) is 18.2 Å². The lowest BCUT2D eigenvalue weighted by atomic mass is 10.1. The Bertz CT molecular complexity index is 677. The minimum Gasteiger partial charge on any atom is -0.496 e. The topological polar surface area (TPSA) is 53.4 Å². The van der Waals surface area contributed by atoms with Crippen molar-refractivity contribution in [2.75, 3.05) is 14.2 Å². The standard InChI is InChI=1S/C15H18N2O3/c1-10-5-6-13(19-3)12(7-10)9-17-14(18)8-11(2)16-15(17)20-4/h5-8H,9H2,1-4H3. The molecule has 0 amide bonds. The molecule has 5 nitrogen and oxygen atoms in total. The first-order valence-electron chi connectivity index (χ1n) is 6.31. The lowest BCUT2D eigenvalue weighted by Gasteiger charge is -2.14. The molecule has 1 aromatic carbocycles. The molecule has 0 aliphatic carbocycles. The number of benzene rings is 1. The van der Waals surface area contributed by atoms with E-state index in [-0.39, 0.29) is 5.56 Å². The predicted octanol–water partition coefficient (Wildman–Crippen LogP) is 1.93. The smallest absolute Gasteiger partial charge is 0.299 e. The monoisotopic (exact) mass is 274 g/mol. The van der Waals surface area contributed by atoms with Crippen molar-refractivity contribution in [1.82, 2.24) is 9.55 Å². The van der Waals surface area contributed by atoms with Crippen LogP contribution in [0.25, 0.3) is 0 Å². The van der Waals surface area contributed by atoms with Crippen LogP contribution in [0.15, 0.2) is 29.1 Å². The van der Waals surface area contributed by atoms with Gasteiger partial charge in [0.05, 0.1) is 20.8 Å². The highest BCUT2D eigenvalue weighted by Crippen LogP contribution is 2.21. The van der Waals surface area contributed by atoms with Crippen molar-refractivity contribution >= 4 is 0 Å². The van der Waals surface area contributed by atoms with E-state index >= 15 is 0 Å². The lowest BCUT2D eigenvalue weighted by Crippen LogP contribution is -2.23. The molecule has 2 rings (SSSR count). The highest BCUT2D eigenvalue weighted by molar-refractivity contribution is 5.37. The summed E-state index contributed by atoms with van der Waals surface area (Å²) in [6.45, 7) is 4.12. The van der Waals surface area contributed by atoms with Crippen LogP contribution in [-0.2, 0) is 6.54 Å². The van der Waals surface area contributed by atoms with Crippen LogP contribution >= 0.6 is 0 Å². The Kier molecular flexibility index (Phi) is 4.08. The Morgan fingerprint density at radius 3 is 2.55 bits per heavy atom. The van der Waals surface area contributed by atoms with Gasteiger partial charge < -0.3 is 9.47 Å². The van der Waals surface area contributed by atoms with E-state index in [1.807, 2.05) is 25.1 Å². The second kappa shape index (κ2) is 5.77. The zero-order valence-electron chi connectivity index (χ0n) is 12.1. The first kappa shape index (κ1) is 14.1. The molecule has 0 spiro atoms. The van der Waals surface area contributed by atoms with Crippen LogP contribution in [0.5, 0.6) is 11.8 Å². The molecule has 0 saturated carbocycles. The molecule has 0 aliphatic heterocycles. The van der Waals surface area contributed by atoms with Gasteiger partial charge in [-0.2, -0.15) is 0 Å². The number of hydrogen-bond acceptors (Lipinski definition) is 4. The van der Waals surface area contributed by atoms with Crippen molar-refractivity contribution in [3.8, 4) is 11.8 Å². The fourth-order valence-electron chi connectivity index (χ4n) is 2.10. The fraction of sp³-hybridized carbons (Fsp3) is 0.333. The Balaban J connectivity index is 2.50. The average Bonchev–Trinajstić information content (AvgIpc) is 2.41. The van der Waals surface area contributed by atoms with Crippen LogP contribution < -0.4 is 15.0 Å². The van der Waals surface area contributed by atoms with Gasteiger partial charge in [-0.1, -0.05) is 17.7 Å². The molecule has 0 atom stereocenters. The molecule has 2 aromatic rings. The number of aromatic nitrogens is 2. The number of ether oxygens (including phenoxy) is 2. The molecule has 0 bridgehead atoms. The summed E-state index contributed by atoms with van der Waals surface area (Å²) >= 11 is 0. The second-order valence-electron chi connectivity index (χ2n) is 4.62. The van der Waals surface area contributed by atoms with E-state index in [1.165, 1.54) is 17.7 Å². The SMILES string of the molecule is COc1ccc(C)cc1Cn1c(OC)nc(C)cc1=O. The predicted molar refractivity (Wildman–Crippen MR) is 76.6 cm³/mol. The summed E-state index contributed by atoms with van der Waals surface area (Å²) in [6, 6.07) is 7.65. The highest BCUT2D eigenvalue weighted by atomic mass is 16.5. The third kappa shape index (κ3) is 2.82. The van der Waals surface area contributed by atoms with Crippen LogP contribution in [0.4, 0.5) is 0 Å². The van der Waals surface area contributed by atoms with Gasteiger partial charge in [0.1, 0.15) is 5.75 Å². The van der Waals surface area contributed by atoms with Crippen molar-refractivity contribution in [2.45, 2.75) is 20.4 Å². The van der Waals surface area contributed by atoms with E-state index in [1.54, 1.807) is 14.0 Å². The van der Waals surface area contributed by atoms with Gasteiger partial charge in [0.2, 0.25) is 0 Å². The van der Waals surface area contributed by atoms with Gasteiger partial charge in [-0.05, 0) is 19.9 Å². The maximum absolute atomic E-state index is 12.1. The first-order valence-corrected chi connectivity index (χ1v) is 6.31. The Labute approximate surface area is 117 Å². The Morgan fingerprint density at radius 1 is 1.15 bits per heavy atom. The van der Waals surface area contributed by atoms with Crippen molar-refractivity contribution in [2.24, 2.45) is 0 Å². The minimum atomic E-state index is -0.141. The zero-order chi connectivity index (χ0) is 14.7. The van der Waals surface area contributed by atoms with Gasteiger partial charge in [0.15, 0.2) is 0 Å². The van der Waals surface area contributed by atoms with Crippen molar-refractivity contribution < 1.29 is 9.47 Å². The van der Waals surface area contributed by atoms with Crippen molar-refractivity contribution in [3.63, 3.8) is 0 Å². The van der Waals surface area contributed by atoms with Gasteiger partial charge in [0.25, 0.3) is 11.6 Å². The maximum Gasteiger partial charge on any atom is 0.299 e. The summed E-state index contributed by atoms with van der Waals surface area (Å²) in [7, 11) is 3.12. The molecular weight excluding hydrogens is 256 g/mol. The van der Waals surface area contributed by atoms with E-state index in [4.69, 9.17) is 9.47 Å². The van der Waals surface area contributed by atoms with E-state index in [9.17, 15) is 4.79 Å². The third-order valence-electron chi connectivity index (χ3n) is 3.05. The van der Waals surface area contributed by atoms with Gasteiger partial charge >= 0.3 is 0 Å². The van der Waals surface area contributed by atoms with Crippen LogP contribution in [-0.4, -0.2) is 23.8 Å². The zero-order valence-corrected chi connectivity index (χ0v) is 12.1. The molecule has 0 radical (unpaired) electrons. The molecule has 106 valence electrons. The van der Waals surface area contributed by atoms with E-state index in [0.717, 1.165) is 16.9 Å². The van der Waals surface area contributed by atoms with Crippen LogP contribution in [0, 0.1) is 13.8 Å². The Hall–Kier alpha value is -2.30. The lowest BCUT2D eigenvalue weighted by molar-refractivity contribution is 0.347. The average molecular weight is 274 g/mol.